The summed E-state index contributed by atoms with van der Waals surface area (Å²) in [5.41, 5.74) is 0. The Morgan fingerprint density at radius 1 is 1.43 bits per heavy atom. The van der Waals surface area contributed by atoms with Crippen molar-refractivity contribution in [1.82, 2.24) is 4.90 Å². The van der Waals surface area contributed by atoms with Crippen LogP contribution in [0.15, 0.2) is 0 Å². The molecule has 0 aromatic carbocycles. The maximum atomic E-state index is 2.51. The molecule has 2 heterocycles. The Morgan fingerprint density at radius 2 is 2.14 bits per heavy atom. The minimum atomic E-state index is 0. The van der Waals surface area contributed by atoms with Gasteiger partial charge in [-0.05, 0) is 25.8 Å². The normalized spacial score (nSPS) is 40.1. The summed E-state index contributed by atoms with van der Waals surface area (Å²) < 4.78 is 0.534. The molecule has 2 fully saturated rings. The summed E-state index contributed by atoms with van der Waals surface area (Å²) in [6, 6.07) is 0.700. The van der Waals surface area contributed by atoms with Crippen molar-refractivity contribution in [2.45, 2.75) is 43.9 Å². The van der Waals surface area contributed by atoms with E-state index < -0.39 is 0 Å². The molecule has 0 N–H and O–H groups in total. The van der Waals surface area contributed by atoms with Crippen molar-refractivity contribution in [2.24, 2.45) is 0 Å². The average molecular weight is 287 g/mol. The van der Waals surface area contributed by atoms with Crippen molar-refractivity contribution in [3.63, 3.8) is 0 Å². The summed E-state index contributed by atoms with van der Waals surface area (Å²) in [6.07, 6.45) is 4.28. The second kappa shape index (κ2) is 5.16. The van der Waals surface area contributed by atoms with Crippen LogP contribution in [0.1, 0.15) is 33.1 Å². The molecule has 0 aromatic rings. The molecule has 14 heavy (non-hydrogen) atoms. The third kappa shape index (κ3) is 2.23. The van der Waals surface area contributed by atoms with Crippen LogP contribution in [0.3, 0.4) is 0 Å². The van der Waals surface area contributed by atoms with Crippen LogP contribution in [0.5, 0.6) is 0 Å². The van der Waals surface area contributed by atoms with Crippen molar-refractivity contribution < 1.29 is 32.7 Å². The number of hydrogen-bond acceptors (Lipinski definition) is 2. The molecule has 1 nitrogen and oxygen atoms in total. The second-order valence-electron chi connectivity index (χ2n) is 4.57. The first-order valence-corrected chi connectivity index (χ1v) is 6.32. The number of nitrogens with zero attached hydrogens (tertiary/aromatic N) is 1. The summed E-state index contributed by atoms with van der Waals surface area (Å²) in [6.45, 7) is 6.00. The molecule has 0 saturated carbocycles. The Kier molecular flexibility index (Phi) is 4.97. The molecule has 0 aliphatic carbocycles. The van der Waals surface area contributed by atoms with Gasteiger partial charge in [-0.25, -0.2) is 0 Å². The van der Waals surface area contributed by atoms with Crippen LogP contribution in [0.4, 0.5) is 0 Å². The predicted molar refractivity (Wildman–Crippen MR) is 60.0 cm³/mol. The largest absolute Gasteiger partial charge is 0.334 e. The quantitative estimate of drug-likeness (QED) is 0.630. The molecule has 1 radical (unpaired) electrons. The van der Waals surface area contributed by atoms with E-state index in [2.05, 4.69) is 37.6 Å². The first-order valence-electron chi connectivity index (χ1n) is 5.34. The molecule has 2 saturated heterocycles. The molecule has 2 aliphatic heterocycles. The zero-order valence-electron chi connectivity index (χ0n) is 9.55. The van der Waals surface area contributed by atoms with E-state index in [0.717, 1.165) is 0 Å². The predicted octanol–water partition coefficient (Wildman–Crippen LogP) is 2.57. The van der Waals surface area contributed by atoms with Crippen molar-refractivity contribution in [1.29, 1.82) is 0 Å². The number of likely N-dealkylation sites (tertiary alicyclic amines) is 1. The number of hydrogen-bond donors (Lipinski definition) is 0. The second-order valence-corrected chi connectivity index (χ2v) is 6.05. The topological polar surface area (TPSA) is 3.24 Å². The van der Waals surface area contributed by atoms with E-state index in [0.29, 0.717) is 10.8 Å². The van der Waals surface area contributed by atoms with Crippen molar-refractivity contribution in [2.75, 3.05) is 19.3 Å². The Labute approximate surface area is 118 Å². The summed E-state index contributed by atoms with van der Waals surface area (Å²) in [7, 11) is 2.26. The standard InChI is InChI=1S/C11H20NS.Y/c1-9-10(2)12(3)8-11(9)6-4-5-7-13-11;/h10H,4-8H2,1-3H3;/q-1;. The van der Waals surface area contributed by atoms with Gasteiger partial charge in [0.15, 0.2) is 0 Å². The third-order valence-corrected chi connectivity index (χ3v) is 5.57. The van der Waals surface area contributed by atoms with E-state index in [9.17, 15) is 0 Å². The van der Waals surface area contributed by atoms with Gasteiger partial charge in [-0.15, -0.1) is 6.04 Å². The van der Waals surface area contributed by atoms with Crippen molar-refractivity contribution >= 4 is 11.8 Å². The minimum absolute atomic E-state index is 0. The van der Waals surface area contributed by atoms with Gasteiger partial charge in [0, 0.05) is 32.7 Å². The number of thioether (sulfide) groups is 1. The van der Waals surface area contributed by atoms with Crippen LogP contribution < -0.4 is 0 Å². The molecule has 0 bridgehead atoms. The molecule has 3 heteroatoms. The fraction of sp³-hybridized carbons (Fsp3) is 0.909. The fourth-order valence-corrected chi connectivity index (χ4v) is 4.38. The molecular weight excluding hydrogens is 267 g/mol. The van der Waals surface area contributed by atoms with Gasteiger partial charge in [-0.2, -0.15) is 18.7 Å². The molecule has 2 unspecified atom stereocenters. The van der Waals surface area contributed by atoms with Gasteiger partial charge in [0.2, 0.25) is 0 Å². The van der Waals surface area contributed by atoms with Gasteiger partial charge in [-0.3, -0.25) is 5.92 Å². The van der Waals surface area contributed by atoms with E-state index in [-0.39, 0.29) is 32.7 Å². The van der Waals surface area contributed by atoms with Crippen LogP contribution in [-0.2, 0) is 32.7 Å². The molecule has 2 atom stereocenters. The molecule has 1 spiro atoms. The third-order valence-electron chi connectivity index (χ3n) is 3.86. The molecule has 0 aromatic heterocycles. The molecular formula is C11H20NSY-. The molecule has 2 aliphatic rings. The maximum Gasteiger partial charge on any atom is 0 e. The first kappa shape index (κ1) is 13.5. The van der Waals surface area contributed by atoms with Gasteiger partial charge >= 0.3 is 0 Å². The smallest absolute Gasteiger partial charge is 0 e. The van der Waals surface area contributed by atoms with E-state index in [1.807, 2.05) is 0 Å². The Morgan fingerprint density at radius 3 is 2.57 bits per heavy atom. The van der Waals surface area contributed by atoms with E-state index >= 15 is 0 Å². The van der Waals surface area contributed by atoms with Crippen LogP contribution in [0, 0.1) is 5.92 Å². The Balaban J connectivity index is 0.000000980. The number of rotatable bonds is 0. The van der Waals surface area contributed by atoms with Gasteiger partial charge in [-0.1, -0.05) is 24.5 Å². The summed E-state index contributed by atoms with van der Waals surface area (Å²) in [4.78, 5) is 2.51. The van der Waals surface area contributed by atoms with Gasteiger partial charge in [0.25, 0.3) is 0 Å². The first-order chi connectivity index (χ1) is 6.16. The van der Waals surface area contributed by atoms with Crippen LogP contribution >= 0.6 is 11.8 Å². The van der Waals surface area contributed by atoms with Gasteiger partial charge < -0.3 is 4.90 Å². The minimum Gasteiger partial charge on any atom is -0.334 e. The Bertz CT molecular complexity index is 192. The van der Waals surface area contributed by atoms with Crippen LogP contribution in [-0.4, -0.2) is 35.0 Å². The van der Waals surface area contributed by atoms with Crippen molar-refractivity contribution in [3.05, 3.63) is 5.92 Å². The summed E-state index contributed by atoms with van der Waals surface area (Å²) >= 11 is 2.21. The molecule has 0 amide bonds. The van der Waals surface area contributed by atoms with Crippen LogP contribution in [0.25, 0.3) is 0 Å². The maximum absolute atomic E-state index is 2.51. The Hall–Kier alpha value is 1.41. The fourth-order valence-electron chi connectivity index (χ4n) is 2.66. The van der Waals surface area contributed by atoms with E-state index in [4.69, 9.17) is 0 Å². The summed E-state index contributed by atoms with van der Waals surface area (Å²) in [5, 5.41) is 0. The zero-order valence-corrected chi connectivity index (χ0v) is 13.2. The van der Waals surface area contributed by atoms with Crippen molar-refractivity contribution in [3.8, 4) is 0 Å². The zero-order chi connectivity index (χ0) is 9.47. The van der Waals surface area contributed by atoms with Gasteiger partial charge in [0.1, 0.15) is 0 Å². The summed E-state index contributed by atoms with van der Waals surface area (Å²) in [5.74, 6) is 3.09. The monoisotopic (exact) mass is 287 g/mol. The molecule has 2 rings (SSSR count). The van der Waals surface area contributed by atoms with E-state index in [1.54, 1.807) is 5.92 Å². The SMILES string of the molecule is C[C-]1C(C)N(C)CC12CCCCS2.[Y]. The average Bonchev–Trinajstić information content (AvgIpc) is 2.33. The van der Waals surface area contributed by atoms with Gasteiger partial charge in [0.05, 0.1) is 0 Å². The van der Waals surface area contributed by atoms with E-state index in [1.165, 1.54) is 31.6 Å². The van der Waals surface area contributed by atoms with Crippen LogP contribution in [0.2, 0.25) is 0 Å². The molecule has 79 valence electrons.